The first-order valence-electron chi connectivity index (χ1n) is 10.9. The van der Waals surface area contributed by atoms with E-state index in [0.29, 0.717) is 18.7 Å². The summed E-state index contributed by atoms with van der Waals surface area (Å²) in [7, 11) is 3.46. The number of carbonyl (C=O) groups excluding carboxylic acids is 1. The summed E-state index contributed by atoms with van der Waals surface area (Å²) in [5.74, 6) is 1.52. The lowest BCUT2D eigenvalue weighted by molar-refractivity contribution is -0.122. The van der Waals surface area contributed by atoms with Gasteiger partial charge < -0.3 is 15.0 Å². The minimum Gasteiger partial charge on any atom is -0.479 e. The van der Waals surface area contributed by atoms with Crippen molar-refractivity contribution in [2.45, 2.75) is 46.6 Å². The Bertz CT molecular complexity index is 1250. The summed E-state index contributed by atoms with van der Waals surface area (Å²) in [6, 6.07) is 7.71. The predicted octanol–water partition coefficient (Wildman–Crippen LogP) is 3.92. The Morgan fingerprint density at radius 2 is 1.97 bits per heavy atom. The SMILES string of the molecule is COc1nn(C)c2nc(C)c(CCC(=O)N[C@H](c3nc4ccccc4[nH]3)C(C)C)c(C)c12. The molecular formula is C24H30N6O2. The fourth-order valence-electron chi connectivity index (χ4n) is 4.26. The molecule has 0 aliphatic rings. The fraction of sp³-hybridized carbons (Fsp3) is 0.417. The van der Waals surface area contributed by atoms with Crippen LogP contribution in [0.5, 0.6) is 5.88 Å². The molecule has 1 atom stereocenters. The highest BCUT2D eigenvalue weighted by Crippen LogP contribution is 2.30. The van der Waals surface area contributed by atoms with Crippen LogP contribution in [0.3, 0.4) is 0 Å². The topological polar surface area (TPSA) is 97.7 Å². The van der Waals surface area contributed by atoms with Gasteiger partial charge in [-0.1, -0.05) is 26.0 Å². The number of amides is 1. The number of carbonyl (C=O) groups is 1. The molecule has 2 N–H and O–H groups in total. The fourth-order valence-corrected chi connectivity index (χ4v) is 4.26. The molecule has 4 aromatic rings. The van der Waals surface area contributed by atoms with Gasteiger partial charge in [-0.3, -0.25) is 4.79 Å². The summed E-state index contributed by atoms with van der Waals surface area (Å²) in [4.78, 5) is 25.7. The zero-order valence-corrected chi connectivity index (χ0v) is 19.5. The summed E-state index contributed by atoms with van der Waals surface area (Å²) in [6.45, 7) is 8.18. The monoisotopic (exact) mass is 434 g/mol. The number of hydrogen-bond donors (Lipinski definition) is 2. The lowest BCUT2D eigenvalue weighted by atomic mass is 9.99. The van der Waals surface area contributed by atoms with Gasteiger partial charge in [-0.2, -0.15) is 0 Å². The van der Waals surface area contributed by atoms with Crippen LogP contribution in [0, 0.1) is 19.8 Å². The van der Waals surface area contributed by atoms with Crippen molar-refractivity contribution in [1.29, 1.82) is 0 Å². The normalized spacial score (nSPS) is 12.6. The highest BCUT2D eigenvalue weighted by Gasteiger charge is 2.23. The van der Waals surface area contributed by atoms with Crippen molar-refractivity contribution < 1.29 is 9.53 Å². The molecule has 0 unspecified atom stereocenters. The van der Waals surface area contributed by atoms with Gasteiger partial charge in [0.15, 0.2) is 5.65 Å². The number of aromatic amines is 1. The van der Waals surface area contributed by atoms with Crippen LogP contribution in [0.15, 0.2) is 24.3 Å². The van der Waals surface area contributed by atoms with Crippen LogP contribution < -0.4 is 10.1 Å². The van der Waals surface area contributed by atoms with E-state index in [-0.39, 0.29) is 17.9 Å². The summed E-state index contributed by atoms with van der Waals surface area (Å²) in [6.07, 6.45) is 0.955. The molecule has 0 aliphatic heterocycles. The molecule has 1 aromatic carbocycles. The number of nitrogens with zero attached hydrogens (tertiary/aromatic N) is 4. The molecule has 0 saturated carbocycles. The number of imidazole rings is 1. The molecule has 8 nitrogen and oxygen atoms in total. The number of benzene rings is 1. The first-order chi connectivity index (χ1) is 15.3. The molecule has 0 fully saturated rings. The molecule has 0 bridgehead atoms. The molecular weight excluding hydrogens is 404 g/mol. The predicted molar refractivity (Wildman–Crippen MR) is 125 cm³/mol. The number of aryl methyl sites for hydroxylation is 3. The third-order valence-electron chi connectivity index (χ3n) is 6.00. The highest BCUT2D eigenvalue weighted by molar-refractivity contribution is 5.86. The number of para-hydroxylation sites is 2. The van der Waals surface area contributed by atoms with Crippen molar-refractivity contribution in [1.82, 2.24) is 30.0 Å². The van der Waals surface area contributed by atoms with E-state index in [2.05, 4.69) is 34.2 Å². The molecule has 0 saturated heterocycles. The highest BCUT2D eigenvalue weighted by atomic mass is 16.5. The minimum atomic E-state index is -0.184. The van der Waals surface area contributed by atoms with Gasteiger partial charge in [0.2, 0.25) is 11.8 Å². The number of rotatable bonds is 7. The average Bonchev–Trinajstić information content (AvgIpc) is 3.32. The number of pyridine rings is 1. The number of methoxy groups -OCH3 is 1. The number of ether oxygens (including phenoxy) is 1. The summed E-state index contributed by atoms with van der Waals surface area (Å²) >= 11 is 0. The molecule has 8 heteroatoms. The molecule has 3 aromatic heterocycles. The number of hydrogen-bond acceptors (Lipinski definition) is 5. The summed E-state index contributed by atoms with van der Waals surface area (Å²) in [5, 5.41) is 8.47. The molecule has 0 spiro atoms. The van der Waals surface area contributed by atoms with E-state index in [4.69, 9.17) is 9.72 Å². The first kappa shape index (κ1) is 21.8. The second-order valence-electron chi connectivity index (χ2n) is 8.56. The van der Waals surface area contributed by atoms with Gasteiger partial charge in [-0.05, 0) is 49.4 Å². The van der Waals surface area contributed by atoms with Crippen molar-refractivity contribution >= 4 is 28.0 Å². The maximum Gasteiger partial charge on any atom is 0.242 e. The van der Waals surface area contributed by atoms with E-state index in [1.807, 2.05) is 45.2 Å². The Morgan fingerprint density at radius 3 is 2.66 bits per heavy atom. The molecule has 0 radical (unpaired) electrons. The third-order valence-corrected chi connectivity index (χ3v) is 6.00. The van der Waals surface area contributed by atoms with Gasteiger partial charge in [0.25, 0.3) is 0 Å². The van der Waals surface area contributed by atoms with Gasteiger partial charge in [-0.25, -0.2) is 14.6 Å². The number of fused-ring (bicyclic) bond motifs is 2. The summed E-state index contributed by atoms with van der Waals surface area (Å²) < 4.78 is 7.17. The molecule has 168 valence electrons. The standard InChI is InChI=1S/C24H30N6O2/c1-13(2)21(22-26-17-9-7-8-10-18(17)27-22)28-19(31)12-11-16-14(3)20-23(25-15(16)4)30(5)29-24(20)32-6/h7-10,13,21H,11-12H2,1-6H3,(H,26,27)(H,28,31)/t21-/m0/s1. The largest absolute Gasteiger partial charge is 0.479 e. The van der Waals surface area contributed by atoms with Crippen molar-refractivity contribution in [2.24, 2.45) is 13.0 Å². The number of nitrogens with one attached hydrogen (secondary N) is 2. The maximum atomic E-state index is 12.9. The summed E-state index contributed by atoms with van der Waals surface area (Å²) in [5.41, 5.74) is 5.68. The smallest absolute Gasteiger partial charge is 0.242 e. The first-order valence-corrected chi connectivity index (χ1v) is 10.9. The van der Waals surface area contributed by atoms with Crippen LogP contribution in [-0.2, 0) is 18.3 Å². The molecule has 32 heavy (non-hydrogen) atoms. The van der Waals surface area contributed by atoms with Crippen LogP contribution in [0.4, 0.5) is 0 Å². The Labute approximate surface area is 187 Å². The molecule has 4 rings (SSSR count). The van der Waals surface area contributed by atoms with Crippen molar-refractivity contribution in [3.05, 3.63) is 46.9 Å². The second-order valence-corrected chi connectivity index (χ2v) is 8.56. The van der Waals surface area contributed by atoms with Crippen LogP contribution in [0.2, 0.25) is 0 Å². The average molecular weight is 435 g/mol. The van der Waals surface area contributed by atoms with E-state index in [1.165, 1.54) is 0 Å². The van der Waals surface area contributed by atoms with Crippen molar-refractivity contribution in [2.75, 3.05) is 7.11 Å². The van der Waals surface area contributed by atoms with Crippen LogP contribution in [0.1, 0.15) is 49.0 Å². The van der Waals surface area contributed by atoms with Gasteiger partial charge in [0.05, 0.1) is 29.6 Å². The van der Waals surface area contributed by atoms with Crippen molar-refractivity contribution in [3.63, 3.8) is 0 Å². The zero-order valence-electron chi connectivity index (χ0n) is 19.5. The quantitative estimate of drug-likeness (QED) is 0.459. The Kier molecular flexibility index (Phi) is 5.86. The van der Waals surface area contributed by atoms with E-state index in [0.717, 1.165) is 44.7 Å². The third kappa shape index (κ3) is 3.92. The minimum absolute atomic E-state index is 0.0128. The van der Waals surface area contributed by atoms with E-state index >= 15 is 0 Å². The lowest BCUT2D eigenvalue weighted by Gasteiger charge is -2.20. The number of aromatic nitrogens is 5. The van der Waals surface area contributed by atoms with Gasteiger partial charge in [0, 0.05) is 19.2 Å². The van der Waals surface area contributed by atoms with E-state index in [1.54, 1.807) is 11.8 Å². The van der Waals surface area contributed by atoms with Crippen LogP contribution in [0.25, 0.3) is 22.1 Å². The van der Waals surface area contributed by atoms with Gasteiger partial charge in [-0.15, -0.1) is 5.10 Å². The van der Waals surface area contributed by atoms with E-state index in [9.17, 15) is 4.79 Å². The lowest BCUT2D eigenvalue weighted by Crippen LogP contribution is -2.32. The molecule has 1 amide bonds. The van der Waals surface area contributed by atoms with Crippen LogP contribution >= 0.6 is 0 Å². The Balaban J connectivity index is 1.53. The van der Waals surface area contributed by atoms with E-state index < -0.39 is 0 Å². The zero-order chi connectivity index (χ0) is 23.0. The van der Waals surface area contributed by atoms with Gasteiger partial charge >= 0.3 is 0 Å². The maximum absolute atomic E-state index is 12.9. The Hall–Kier alpha value is -3.42. The molecule has 0 aliphatic carbocycles. The van der Waals surface area contributed by atoms with Crippen molar-refractivity contribution in [3.8, 4) is 5.88 Å². The second kappa shape index (κ2) is 8.61. The van der Waals surface area contributed by atoms with Crippen LogP contribution in [-0.4, -0.2) is 37.7 Å². The molecule has 3 heterocycles. The Morgan fingerprint density at radius 1 is 1.22 bits per heavy atom. The van der Waals surface area contributed by atoms with Gasteiger partial charge in [0.1, 0.15) is 5.82 Å². The number of H-pyrrole nitrogens is 1.